The van der Waals surface area contributed by atoms with Crippen molar-refractivity contribution >= 4 is 6.09 Å². The molecule has 4 nitrogen and oxygen atoms in total. The van der Waals surface area contributed by atoms with Crippen LogP contribution in [0.5, 0.6) is 0 Å². The van der Waals surface area contributed by atoms with Crippen LogP contribution in [-0.2, 0) is 0 Å². The number of carboxylic acid groups (broad SMARTS) is 1. The number of hydrogen-bond donors (Lipinski definition) is 3. The van der Waals surface area contributed by atoms with E-state index in [0.717, 1.165) is 19.3 Å². The van der Waals surface area contributed by atoms with E-state index in [1.54, 1.807) is 0 Å². The smallest absolute Gasteiger partial charge is 0.404 e. The molecule has 0 aromatic heterocycles. The summed E-state index contributed by atoms with van der Waals surface area (Å²) < 4.78 is 0. The van der Waals surface area contributed by atoms with Gasteiger partial charge in [0.05, 0.1) is 0 Å². The minimum atomic E-state index is -0.902. The maximum Gasteiger partial charge on any atom is 0.404 e. The lowest BCUT2D eigenvalue weighted by atomic mass is 9.92. The van der Waals surface area contributed by atoms with E-state index in [4.69, 9.17) is 10.8 Å². The van der Waals surface area contributed by atoms with Crippen molar-refractivity contribution in [1.82, 2.24) is 5.32 Å². The maximum atomic E-state index is 10.4. The highest BCUT2D eigenvalue weighted by atomic mass is 16.4. The van der Waals surface area contributed by atoms with Gasteiger partial charge in [-0.2, -0.15) is 0 Å². The Labute approximate surface area is 71.1 Å². The van der Waals surface area contributed by atoms with Gasteiger partial charge in [-0.05, 0) is 31.1 Å². The molecule has 68 valence electrons. The van der Waals surface area contributed by atoms with Crippen molar-refractivity contribution in [3.05, 3.63) is 0 Å². The van der Waals surface area contributed by atoms with Gasteiger partial charge in [-0.1, -0.05) is 0 Å². The molecule has 4 N–H and O–H groups in total. The summed E-state index contributed by atoms with van der Waals surface area (Å²) in [6.07, 6.45) is 2.15. The van der Waals surface area contributed by atoms with Crippen molar-refractivity contribution in [3.8, 4) is 0 Å². The van der Waals surface area contributed by atoms with Crippen LogP contribution in [-0.4, -0.2) is 23.3 Å². The molecular weight excluding hydrogens is 156 g/mol. The molecule has 2 saturated carbocycles. The lowest BCUT2D eigenvalue weighted by Gasteiger charge is -2.25. The van der Waals surface area contributed by atoms with Crippen molar-refractivity contribution in [2.75, 3.05) is 0 Å². The zero-order valence-corrected chi connectivity index (χ0v) is 6.86. The van der Waals surface area contributed by atoms with E-state index in [2.05, 4.69) is 5.32 Å². The summed E-state index contributed by atoms with van der Waals surface area (Å²) in [6, 6.07) is 0.495. The third kappa shape index (κ3) is 1.16. The largest absolute Gasteiger partial charge is 0.465 e. The van der Waals surface area contributed by atoms with Gasteiger partial charge in [0.25, 0.3) is 0 Å². The van der Waals surface area contributed by atoms with Gasteiger partial charge in [-0.25, -0.2) is 4.79 Å². The summed E-state index contributed by atoms with van der Waals surface area (Å²) in [6.45, 7) is 0. The van der Waals surface area contributed by atoms with Gasteiger partial charge in [-0.15, -0.1) is 0 Å². The van der Waals surface area contributed by atoms with Gasteiger partial charge in [0.1, 0.15) is 0 Å². The van der Waals surface area contributed by atoms with Crippen LogP contribution in [0.2, 0.25) is 0 Å². The molecule has 4 unspecified atom stereocenters. The van der Waals surface area contributed by atoms with Crippen LogP contribution < -0.4 is 11.1 Å². The van der Waals surface area contributed by atoms with Crippen LogP contribution in [0.25, 0.3) is 0 Å². The molecule has 0 aromatic rings. The zero-order valence-electron chi connectivity index (χ0n) is 6.86. The Morgan fingerprint density at radius 3 is 2.50 bits per heavy atom. The van der Waals surface area contributed by atoms with Crippen LogP contribution in [0.3, 0.4) is 0 Å². The number of nitrogens with two attached hydrogens (primary N) is 1. The average molecular weight is 170 g/mol. The normalized spacial score (nSPS) is 44.8. The SMILES string of the molecule is NC1CC2CC1CC2NC(=O)O. The fraction of sp³-hybridized carbons (Fsp3) is 0.875. The Morgan fingerprint density at radius 1 is 1.33 bits per heavy atom. The molecule has 4 atom stereocenters. The summed E-state index contributed by atoms with van der Waals surface area (Å²) in [5.74, 6) is 1.06. The minimum Gasteiger partial charge on any atom is -0.465 e. The number of carbonyl (C=O) groups is 1. The van der Waals surface area contributed by atoms with E-state index < -0.39 is 6.09 Å². The maximum absolute atomic E-state index is 10.4. The van der Waals surface area contributed by atoms with Gasteiger partial charge in [0, 0.05) is 12.1 Å². The number of rotatable bonds is 1. The van der Waals surface area contributed by atoms with Crippen LogP contribution in [0.4, 0.5) is 4.79 Å². The Kier molecular flexibility index (Phi) is 1.72. The predicted octanol–water partition coefficient (Wildman–Crippen LogP) is 0.380. The topological polar surface area (TPSA) is 75.3 Å². The highest BCUT2D eigenvalue weighted by molar-refractivity contribution is 5.65. The van der Waals surface area contributed by atoms with Gasteiger partial charge < -0.3 is 16.2 Å². The highest BCUT2D eigenvalue weighted by Crippen LogP contribution is 2.43. The average Bonchev–Trinajstić information content (AvgIpc) is 2.44. The third-order valence-electron chi connectivity index (χ3n) is 3.22. The standard InChI is InChI=1S/C8H14N2O2/c9-6-2-5-1-4(6)3-7(5)10-8(11)12/h4-7,10H,1-3,9H2,(H,11,12). The summed E-state index contributed by atoms with van der Waals surface area (Å²) >= 11 is 0. The molecule has 2 rings (SSSR count). The van der Waals surface area contributed by atoms with E-state index >= 15 is 0 Å². The first-order valence-corrected chi connectivity index (χ1v) is 4.42. The van der Waals surface area contributed by atoms with E-state index in [0.29, 0.717) is 17.9 Å². The van der Waals surface area contributed by atoms with Gasteiger partial charge in [0.2, 0.25) is 0 Å². The van der Waals surface area contributed by atoms with Crippen LogP contribution in [0.15, 0.2) is 0 Å². The van der Waals surface area contributed by atoms with Crippen LogP contribution >= 0.6 is 0 Å². The van der Waals surface area contributed by atoms with Crippen molar-refractivity contribution in [1.29, 1.82) is 0 Å². The fourth-order valence-corrected chi connectivity index (χ4v) is 2.66. The fourth-order valence-electron chi connectivity index (χ4n) is 2.66. The van der Waals surface area contributed by atoms with Gasteiger partial charge in [0.15, 0.2) is 0 Å². The second-order valence-corrected chi connectivity index (χ2v) is 3.95. The number of amides is 1. The molecule has 2 fully saturated rings. The van der Waals surface area contributed by atoms with Gasteiger partial charge in [-0.3, -0.25) is 0 Å². The first-order chi connectivity index (χ1) is 5.66. The van der Waals surface area contributed by atoms with Crippen LogP contribution in [0, 0.1) is 11.8 Å². The predicted molar refractivity (Wildman–Crippen MR) is 43.8 cm³/mol. The van der Waals surface area contributed by atoms with E-state index in [9.17, 15) is 4.79 Å². The zero-order chi connectivity index (χ0) is 8.72. The molecule has 0 heterocycles. The van der Waals surface area contributed by atoms with Crippen molar-refractivity contribution in [2.24, 2.45) is 17.6 Å². The number of fused-ring (bicyclic) bond motifs is 2. The molecule has 2 aliphatic rings. The molecule has 12 heavy (non-hydrogen) atoms. The van der Waals surface area contributed by atoms with Gasteiger partial charge >= 0.3 is 6.09 Å². The molecule has 2 bridgehead atoms. The molecule has 4 heteroatoms. The molecule has 2 aliphatic carbocycles. The lowest BCUT2D eigenvalue weighted by Crippen LogP contribution is -2.41. The Hall–Kier alpha value is -0.770. The molecule has 1 amide bonds. The Bertz CT molecular complexity index is 205. The summed E-state index contributed by atoms with van der Waals surface area (Å²) in [4.78, 5) is 10.4. The Morgan fingerprint density at radius 2 is 2.08 bits per heavy atom. The second kappa shape index (κ2) is 2.62. The van der Waals surface area contributed by atoms with E-state index in [1.807, 2.05) is 0 Å². The van der Waals surface area contributed by atoms with Crippen molar-refractivity contribution < 1.29 is 9.90 Å². The molecule has 0 spiro atoms. The van der Waals surface area contributed by atoms with E-state index in [-0.39, 0.29) is 6.04 Å². The van der Waals surface area contributed by atoms with E-state index in [1.165, 1.54) is 0 Å². The quantitative estimate of drug-likeness (QED) is 0.532. The Balaban J connectivity index is 1.94. The molecule has 0 aliphatic heterocycles. The summed E-state index contributed by atoms with van der Waals surface area (Å²) in [7, 11) is 0. The summed E-state index contributed by atoms with van der Waals surface area (Å²) in [5.41, 5.74) is 5.84. The summed E-state index contributed by atoms with van der Waals surface area (Å²) in [5, 5.41) is 11.1. The minimum absolute atomic E-state index is 0.173. The monoisotopic (exact) mass is 170 g/mol. The first kappa shape index (κ1) is 7.86. The molecule has 0 aromatic carbocycles. The second-order valence-electron chi connectivity index (χ2n) is 3.95. The lowest BCUT2D eigenvalue weighted by molar-refractivity contribution is 0.183. The molecule has 0 radical (unpaired) electrons. The number of nitrogens with one attached hydrogen (secondary N) is 1. The molecular formula is C8H14N2O2. The van der Waals surface area contributed by atoms with Crippen molar-refractivity contribution in [3.63, 3.8) is 0 Å². The molecule has 0 saturated heterocycles. The third-order valence-corrected chi connectivity index (χ3v) is 3.22. The number of hydrogen-bond acceptors (Lipinski definition) is 2. The first-order valence-electron chi connectivity index (χ1n) is 4.42. The highest BCUT2D eigenvalue weighted by Gasteiger charge is 2.44. The van der Waals surface area contributed by atoms with Crippen LogP contribution in [0.1, 0.15) is 19.3 Å². The van der Waals surface area contributed by atoms with Crippen molar-refractivity contribution in [2.45, 2.75) is 31.3 Å².